The van der Waals surface area contributed by atoms with Crippen LogP contribution in [0.4, 0.5) is 0 Å². The van der Waals surface area contributed by atoms with Gasteiger partial charge in [-0.2, -0.15) is 0 Å². The zero-order chi connectivity index (χ0) is 8.85. The highest BCUT2D eigenvalue weighted by Gasteiger charge is 2.09. The van der Waals surface area contributed by atoms with Gasteiger partial charge in [-0.25, -0.2) is 0 Å². The maximum absolute atomic E-state index is 10.8. The van der Waals surface area contributed by atoms with E-state index in [1.807, 2.05) is 0 Å². The van der Waals surface area contributed by atoms with E-state index in [9.17, 15) is 9.59 Å². The standard InChI is InChI=1S/C8H12O3/c1-4-11-8(10)5-7(9)6(2)3/h2,4-5H2,1,3H3. The van der Waals surface area contributed by atoms with Gasteiger partial charge in [0.2, 0.25) is 0 Å². The highest BCUT2D eigenvalue weighted by molar-refractivity contribution is 6.04. The molecular weight excluding hydrogens is 144 g/mol. The molecule has 0 amide bonds. The van der Waals surface area contributed by atoms with Crippen molar-refractivity contribution in [3.05, 3.63) is 12.2 Å². The monoisotopic (exact) mass is 156 g/mol. The number of esters is 1. The predicted molar refractivity (Wildman–Crippen MR) is 41.1 cm³/mol. The molecule has 0 heterocycles. The van der Waals surface area contributed by atoms with E-state index in [1.54, 1.807) is 13.8 Å². The van der Waals surface area contributed by atoms with Crippen LogP contribution in [0, 0.1) is 0 Å². The summed E-state index contributed by atoms with van der Waals surface area (Å²) in [7, 11) is 0. The Hall–Kier alpha value is -1.12. The average molecular weight is 156 g/mol. The van der Waals surface area contributed by atoms with Crippen LogP contribution >= 0.6 is 0 Å². The van der Waals surface area contributed by atoms with E-state index >= 15 is 0 Å². The Morgan fingerprint density at radius 2 is 2.00 bits per heavy atom. The normalized spacial score (nSPS) is 8.91. The van der Waals surface area contributed by atoms with Crippen molar-refractivity contribution in [3.8, 4) is 0 Å². The topological polar surface area (TPSA) is 43.4 Å². The van der Waals surface area contributed by atoms with Crippen LogP contribution in [0.3, 0.4) is 0 Å². The van der Waals surface area contributed by atoms with Gasteiger partial charge in [-0.1, -0.05) is 6.58 Å². The van der Waals surface area contributed by atoms with Crippen molar-refractivity contribution >= 4 is 11.8 Å². The summed E-state index contributed by atoms with van der Waals surface area (Å²) in [6.07, 6.45) is -0.191. The number of hydrogen-bond acceptors (Lipinski definition) is 3. The largest absolute Gasteiger partial charge is 0.466 e. The number of carbonyl (C=O) groups is 2. The molecule has 0 spiro atoms. The quantitative estimate of drug-likeness (QED) is 0.347. The van der Waals surface area contributed by atoms with Crippen LogP contribution in [-0.2, 0) is 14.3 Å². The van der Waals surface area contributed by atoms with Gasteiger partial charge in [-0.3, -0.25) is 9.59 Å². The van der Waals surface area contributed by atoms with Crippen LogP contribution in [0.1, 0.15) is 20.3 Å². The van der Waals surface area contributed by atoms with Gasteiger partial charge in [-0.15, -0.1) is 0 Å². The Balaban J connectivity index is 3.76. The molecule has 0 bridgehead atoms. The van der Waals surface area contributed by atoms with E-state index in [4.69, 9.17) is 0 Å². The van der Waals surface area contributed by atoms with E-state index in [0.717, 1.165) is 0 Å². The highest BCUT2D eigenvalue weighted by Crippen LogP contribution is 1.96. The Bertz CT molecular complexity index is 182. The Morgan fingerprint density at radius 3 is 2.36 bits per heavy atom. The molecule has 0 aromatic heterocycles. The molecule has 0 saturated heterocycles. The first-order valence-electron chi connectivity index (χ1n) is 3.42. The molecule has 0 atom stereocenters. The second-order valence-corrected chi connectivity index (χ2v) is 2.19. The van der Waals surface area contributed by atoms with Gasteiger partial charge < -0.3 is 4.74 Å². The number of ketones is 1. The van der Waals surface area contributed by atoms with E-state index in [2.05, 4.69) is 11.3 Å². The maximum Gasteiger partial charge on any atom is 0.313 e. The third kappa shape index (κ3) is 4.31. The molecule has 11 heavy (non-hydrogen) atoms. The summed E-state index contributed by atoms with van der Waals surface area (Å²) in [5.74, 6) is -0.746. The summed E-state index contributed by atoms with van der Waals surface area (Å²) in [5.41, 5.74) is 0.387. The fourth-order valence-electron chi connectivity index (χ4n) is 0.494. The third-order valence-corrected chi connectivity index (χ3v) is 1.09. The van der Waals surface area contributed by atoms with E-state index in [1.165, 1.54) is 0 Å². The first-order valence-corrected chi connectivity index (χ1v) is 3.42. The Kier molecular flexibility index (Phi) is 4.18. The fourth-order valence-corrected chi connectivity index (χ4v) is 0.494. The number of ether oxygens (including phenoxy) is 1. The molecule has 0 aliphatic carbocycles. The molecule has 0 fully saturated rings. The first kappa shape index (κ1) is 9.88. The minimum absolute atomic E-state index is 0.191. The zero-order valence-corrected chi connectivity index (χ0v) is 6.85. The van der Waals surface area contributed by atoms with Crippen LogP contribution in [0.15, 0.2) is 12.2 Å². The van der Waals surface area contributed by atoms with Crippen molar-refractivity contribution in [2.45, 2.75) is 20.3 Å². The predicted octanol–water partition coefficient (Wildman–Crippen LogP) is 1.08. The second kappa shape index (κ2) is 4.66. The van der Waals surface area contributed by atoms with Gasteiger partial charge in [-0.05, 0) is 19.4 Å². The number of hydrogen-bond donors (Lipinski definition) is 0. The van der Waals surface area contributed by atoms with E-state index in [-0.39, 0.29) is 12.2 Å². The molecule has 0 aromatic carbocycles. The van der Waals surface area contributed by atoms with Crippen LogP contribution in [0.25, 0.3) is 0 Å². The van der Waals surface area contributed by atoms with Crippen molar-refractivity contribution < 1.29 is 14.3 Å². The van der Waals surface area contributed by atoms with Gasteiger partial charge >= 0.3 is 5.97 Å². The van der Waals surface area contributed by atoms with Gasteiger partial charge in [0.25, 0.3) is 0 Å². The molecule has 0 N–H and O–H groups in total. The second-order valence-electron chi connectivity index (χ2n) is 2.19. The summed E-state index contributed by atoms with van der Waals surface area (Å²) in [6, 6.07) is 0. The zero-order valence-electron chi connectivity index (χ0n) is 6.85. The van der Waals surface area contributed by atoms with Crippen LogP contribution in [0.5, 0.6) is 0 Å². The molecule has 0 aromatic rings. The summed E-state index contributed by atoms with van der Waals surface area (Å²) < 4.78 is 4.56. The number of rotatable bonds is 4. The molecule has 0 rings (SSSR count). The molecule has 0 aliphatic rings. The molecule has 0 unspecified atom stereocenters. The molecule has 0 saturated carbocycles. The summed E-state index contributed by atoms with van der Waals surface area (Å²) in [6.45, 7) is 6.99. The molecule has 62 valence electrons. The number of Topliss-reactive ketones (excluding diaryl/α,β-unsaturated/α-hetero) is 1. The lowest BCUT2D eigenvalue weighted by atomic mass is 10.2. The van der Waals surface area contributed by atoms with E-state index < -0.39 is 5.97 Å². The fraction of sp³-hybridized carbons (Fsp3) is 0.500. The lowest BCUT2D eigenvalue weighted by molar-refractivity contribution is -0.144. The summed E-state index contributed by atoms with van der Waals surface area (Å²) in [5, 5.41) is 0. The smallest absolute Gasteiger partial charge is 0.313 e. The van der Waals surface area contributed by atoms with Gasteiger partial charge in [0.1, 0.15) is 6.42 Å². The minimum atomic E-state index is -0.486. The lowest BCUT2D eigenvalue weighted by Gasteiger charge is -1.99. The van der Waals surface area contributed by atoms with Crippen LogP contribution in [-0.4, -0.2) is 18.4 Å². The van der Waals surface area contributed by atoms with Crippen LogP contribution < -0.4 is 0 Å². The molecule has 0 radical (unpaired) electrons. The van der Waals surface area contributed by atoms with Crippen LogP contribution in [0.2, 0.25) is 0 Å². The van der Waals surface area contributed by atoms with Gasteiger partial charge in [0.15, 0.2) is 5.78 Å². The van der Waals surface area contributed by atoms with Crippen molar-refractivity contribution in [1.29, 1.82) is 0 Å². The lowest BCUT2D eigenvalue weighted by Crippen LogP contribution is -2.11. The number of carbonyl (C=O) groups excluding carboxylic acids is 2. The molecule has 3 heteroatoms. The van der Waals surface area contributed by atoms with Gasteiger partial charge in [0.05, 0.1) is 6.61 Å². The van der Waals surface area contributed by atoms with Gasteiger partial charge in [0, 0.05) is 0 Å². The highest BCUT2D eigenvalue weighted by atomic mass is 16.5. The van der Waals surface area contributed by atoms with E-state index in [0.29, 0.717) is 12.2 Å². The average Bonchev–Trinajstić information content (AvgIpc) is 1.87. The summed E-state index contributed by atoms with van der Waals surface area (Å²) >= 11 is 0. The Labute approximate surface area is 66.0 Å². The van der Waals surface area contributed by atoms with Crippen molar-refractivity contribution in [2.75, 3.05) is 6.61 Å². The third-order valence-electron chi connectivity index (χ3n) is 1.09. The number of allylic oxidation sites excluding steroid dienone is 1. The SMILES string of the molecule is C=C(C)C(=O)CC(=O)OCC. The maximum atomic E-state index is 10.8. The Morgan fingerprint density at radius 1 is 1.45 bits per heavy atom. The van der Waals surface area contributed by atoms with Crippen molar-refractivity contribution in [2.24, 2.45) is 0 Å². The van der Waals surface area contributed by atoms with Crippen molar-refractivity contribution in [3.63, 3.8) is 0 Å². The molecule has 0 aliphatic heterocycles. The van der Waals surface area contributed by atoms with Crippen molar-refractivity contribution in [1.82, 2.24) is 0 Å². The molecule has 3 nitrogen and oxygen atoms in total. The minimum Gasteiger partial charge on any atom is -0.466 e. The molecular formula is C8H12O3. The first-order chi connectivity index (χ1) is 5.07. The summed E-state index contributed by atoms with van der Waals surface area (Å²) in [4.78, 5) is 21.5.